The molecule has 21 heavy (non-hydrogen) atoms. The molecule has 0 bridgehead atoms. The number of rotatable bonds is 3. The van der Waals surface area contributed by atoms with Crippen molar-refractivity contribution in [1.29, 1.82) is 0 Å². The third-order valence-electron chi connectivity index (χ3n) is 4.15. The molecule has 0 radical (unpaired) electrons. The highest BCUT2D eigenvalue weighted by Crippen LogP contribution is 2.37. The molecular formula is C14H20N2O4S. The Morgan fingerprint density at radius 1 is 1.19 bits per heavy atom. The Bertz CT molecular complexity index is 637. The average Bonchev–Trinajstić information content (AvgIpc) is 2.93. The number of nitrogens with one attached hydrogen (secondary N) is 1. The second-order valence-electron chi connectivity index (χ2n) is 5.44. The summed E-state index contributed by atoms with van der Waals surface area (Å²) in [5, 5.41) is 3.20. The summed E-state index contributed by atoms with van der Waals surface area (Å²) in [6.45, 7) is 3.02. The number of sulfonamides is 1. The Hall–Kier alpha value is -1.31. The van der Waals surface area contributed by atoms with Gasteiger partial charge in [0.2, 0.25) is 16.8 Å². The van der Waals surface area contributed by atoms with Gasteiger partial charge in [0.15, 0.2) is 11.5 Å². The lowest BCUT2D eigenvalue weighted by Gasteiger charge is -2.31. The molecule has 0 unspecified atom stereocenters. The second kappa shape index (κ2) is 5.47. The molecule has 1 aromatic rings. The van der Waals surface area contributed by atoms with Gasteiger partial charge >= 0.3 is 0 Å². The molecule has 2 aliphatic rings. The van der Waals surface area contributed by atoms with E-state index in [1.165, 1.54) is 0 Å². The minimum Gasteiger partial charge on any atom is -0.454 e. The van der Waals surface area contributed by atoms with Crippen LogP contribution in [0.15, 0.2) is 17.0 Å². The summed E-state index contributed by atoms with van der Waals surface area (Å²) < 4.78 is 37.8. The van der Waals surface area contributed by atoms with Crippen molar-refractivity contribution in [3.8, 4) is 11.5 Å². The van der Waals surface area contributed by atoms with E-state index < -0.39 is 10.0 Å². The lowest BCUT2D eigenvalue weighted by molar-refractivity contribution is 0.174. The number of hydrogen-bond acceptors (Lipinski definition) is 5. The smallest absolute Gasteiger partial charge is 0.243 e. The second-order valence-corrected chi connectivity index (χ2v) is 7.34. The Balaban J connectivity index is 1.89. The van der Waals surface area contributed by atoms with Gasteiger partial charge in [-0.1, -0.05) is 0 Å². The topological polar surface area (TPSA) is 67.9 Å². The summed E-state index contributed by atoms with van der Waals surface area (Å²) in [6.07, 6.45) is 1.67. The highest BCUT2D eigenvalue weighted by molar-refractivity contribution is 7.89. The molecule has 1 N–H and O–H groups in total. The Labute approximate surface area is 125 Å². The van der Waals surface area contributed by atoms with Crippen molar-refractivity contribution >= 4 is 10.0 Å². The predicted octanol–water partition coefficient (Wildman–Crippen LogP) is 1.10. The first-order chi connectivity index (χ1) is 10.0. The molecule has 0 aromatic heterocycles. The van der Waals surface area contributed by atoms with E-state index in [1.54, 1.807) is 23.4 Å². The van der Waals surface area contributed by atoms with Gasteiger partial charge < -0.3 is 14.8 Å². The van der Waals surface area contributed by atoms with E-state index in [9.17, 15) is 8.42 Å². The van der Waals surface area contributed by atoms with Crippen LogP contribution in [0.1, 0.15) is 18.4 Å². The van der Waals surface area contributed by atoms with Gasteiger partial charge in [-0.3, -0.25) is 0 Å². The van der Waals surface area contributed by atoms with E-state index in [0.717, 1.165) is 12.8 Å². The molecule has 2 aliphatic heterocycles. The van der Waals surface area contributed by atoms with Gasteiger partial charge in [0.05, 0.1) is 4.90 Å². The Kier molecular flexibility index (Phi) is 3.81. The SMILES string of the molecule is CNC1CCN(S(=O)(=O)c2cc3c(cc2C)OCO3)CC1. The van der Waals surface area contributed by atoms with Crippen molar-refractivity contribution in [2.75, 3.05) is 26.9 Å². The molecule has 2 heterocycles. The third-order valence-corrected chi connectivity index (χ3v) is 6.19. The molecule has 1 aromatic carbocycles. The number of piperidine rings is 1. The van der Waals surface area contributed by atoms with E-state index in [4.69, 9.17) is 9.47 Å². The molecule has 116 valence electrons. The summed E-state index contributed by atoms with van der Waals surface area (Å²) in [5.41, 5.74) is 0.690. The van der Waals surface area contributed by atoms with Gasteiger partial charge in [0.1, 0.15) is 0 Å². The van der Waals surface area contributed by atoms with E-state index in [-0.39, 0.29) is 6.79 Å². The maximum atomic E-state index is 12.8. The van der Waals surface area contributed by atoms with Crippen molar-refractivity contribution < 1.29 is 17.9 Å². The van der Waals surface area contributed by atoms with Crippen LogP contribution >= 0.6 is 0 Å². The number of aryl methyl sites for hydroxylation is 1. The normalized spacial score (nSPS) is 19.9. The maximum absolute atomic E-state index is 12.8. The Morgan fingerprint density at radius 2 is 1.81 bits per heavy atom. The van der Waals surface area contributed by atoms with Crippen LogP contribution in [0, 0.1) is 6.92 Å². The first kappa shape index (κ1) is 14.6. The van der Waals surface area contributed by atoms with Crippen molar-refractivity contribution in [2.24, 2.45) is 0 Å². The van der Waals surface area contributed by atoms with Gasteiger partial charge in [-0.2, -0.15) is 4.31 Å². The number of ether oxygens (including phenoxy) is 2. The van der Waals surface area contributed by atoms with Gasteiger partial charge in [0, 0.05) is 25.2 Å². The van der Waals surface area contributed by atoms with E-state index in [1.807, 2.05) is 7.05 Å². The maximum Gasteiger partial charge on any atom is 0.243 e. The minimum atomic E-state index is -3.48. The van der Waals surface area contributed by atoms with Crippen LogP contribution in [0.2, 0.25) is 0 Å². The van der Waals surface area contributed by atoms with Crippen LogP contribution in [0.3, 0.4) is 0 Å². The zero-order valence-electron chi connectivity index (χ0n) is 12.3. The fourth-order valence-corrected chi connectivity index (χ4v) is 4.52. The molecule has 0 spiro atoms. The molecular weight excluding hydrogens is 292 g/mol. The summed E-state index contributed by atoms with van der Waals surface area (Å²) in [5.74, 6) is 1.12. The molecule has 0 atom stereocenters. The molecule has 0 saturated carbocycles. The zero-order chi connectivity index (χ0) is 15.0. The molecule has 0 amide bonds. The number of nitrogens with zero attached hydrogens (tertiary/aromatic N) is 1. The highest BCUT2D eigenvalue weighted by Gasteiger charge is 2.31. The van der Waals surface area contributed by atoms with E-state index in [2.05, 4.69) is 5.32 Å². The lowest BCUT2D eigenvalue weighted by atomic mass is 10.1. The quantitative estimate of drug-likeness (QED) is 0.905. The third kappa shape index (κ3) is 2.61. The van der Waals surface area contributed by atoms with Crippen molar-refractivity contribution in [3.05, 3.63) is 17.7 Å². The fraction of sp³-hybridized carbons (Fsp3) is 0.571. The summed E-state index contributed by atoms with van der Waals surface area (Å²) >= 11 is 0. The molecule has 1 fully saturated rings. The van der Waals surface area contributed by atoms with E-state index >= 15 is 0 Å². The van der Waals surface area contributed by atoms with Crippen LogP contribution < -0.4 is 14.8 Å². The summed E-state index contributed by atoms with van der Waals surface area (Å²) in [6, 6.07) is 3.71. The molecule has 3 rings (SSSR count). The molecule has 1 saturated heterocycles. The van der Waals surface area contributed by atoms with Crippen molar-refractivity contribution in [2.45, 2.75) is 30.7 Å². The van der Waals surface area contributed by atoms with Gasteiger partial charge in [-0.15, -0.1) is 0 Å². The van der Waals surface area contributed by atoms with Crippen LogP contribution in [-0.4, -0.2) is 45.7 Å². The van der Waals surface area contributed by atoms with Gasteiger partial charge in [-0.05, 0) is 38.4 Å². The van der Waals surface area contributed by atoms with Crippen molar-refractivity contribution in [1.82, 2.24) is 9.62 Å². The molecule has 0 aliphatic carbocycles. The van der Waals surface area contributed by atoms with Crippen LogP contribution in [0.5, 0.6) is 11.5 Å². The predicted molar refractivity (Wildman–Crippen MR) is 78.1 cm³/mol. The van der Waals surface area contributed by atoms with Crippen molar-refractivity contribution in [3.63, 3.8) is 0 Å². The zero-order valence-corrected chi connectivity index (χ0v) is 13.1. The van der Waals surface area contributed by atoms with Gasteiger partial charge in [-0.25, -0.2) is 8.42 Å². The molecule has 7 heteroatoms. The monoisotopic (exact) mass is 312 g/mol. The lowest BCUT2D eigenvalue weighted by Crippen LogP contribution is -2.44. The number of hydrogen-bond donors (Lipinski definition) is 1. The van der Waals surface area contributed by atoms with Crippen LogP contribution in [0.4, 0.5) is 0 Å². The standard InChI is InChI=1S/C14H20N2O4S/c1-10-7-12-13(20-9-19-12)8-14(10)21(17,18)16-5-3-11(15-2)4-6-16/h7-8,11,15H,3-6,9H2,1-2H3. The largest absolute Gasteiger partial charge is 0.454 e. The average molecular weight is 312 g/mol. The first-order valence-corrected chi connectivity index (χ1v) is 8.54. The summed E-state index contributed by atoms with van der Waals surface area (Å²) in [7, 11) is -1.56. The van der Waals surface area contributed by atoms with Gasteiger partial charge in [0.25, 0.3) is 0 Å². The Morgan fingerprint density at radius 3 is 2.43 bits per heavy atom. The fourth-order valence-electron chi connectivity index (χ4n) is 2.83. The van der Waals surface area contributed by atoms with Crippen LogP contribution in [-0.2, 0) is 10.0 Å². The van der Waals surface area contributed by atoms with E-state index in [0.29, 0.717) is 41.1 Å². The molecule has 6 nitrogen and oxygen atoms in total. The number of fused-ring (bicyclic) bond motifs is 1. The first-order valence-electron chi connectivity index (χ1n) is 7.10. The number of benzene rings is 1. The summed E-state index contributed by atoms with van der Waals surface area (Å²) in [4.78, 5) is 0.314. The minimum absolute atomic E-state index is 0.145. The highest BCUT2D eigenvalue weighted by atomic mass is 32.2. The van der Waals surface area contributed by atoms with Crippen LogP contribution in [0.25, 0.3) is 0 Å².